The lowest BCUT2D eigenvalue weighted by Gasteiger charge is -2.27. The third-order valence-electron chi connectivity index (χ3n) is 4.89. The van der Waals surface area contributed by atoms with Gasteiger partial charge in [-0.3, -0.25) is 4.79 Å². The van der Waals surface area contributed by atoms with Gasteiger partial charge in [0.2, 0.25) is 5.91 Å². The molecule has 0 fully saturated rings. The fourth-order valence-corrected chi connectivity index (χ4v) is 3.03. The van der Waals surface area contributed by atoms with Gasteiger partial charge in [-0.2, -0.15) is 0 Å². The molecule has 2 N–H and O–H groups in total. The van der Waals surface area contributed by atoms with Crippen molar-refractivity contribution in [2.45, 2.75) is 104 Å². The summed E-state index contributed by atoms with van der Waals surface area (Å²) in [5, 5.41) is 0. The van der Waals surface area contributed by atoms with Crippen LogP contribution in [0.3, 0.4) is 0 Å². The smallest absolute Gasteiger partial charge is 0.223 e. The van der Waals surface area contributed by atoms with Gasteiger partial charge < -0.3 is 5.73 Å². The lowest BCUT2D eigenvalue weighted by molar-refractivity contribution is -0.128. The molecule has 0 unspecified atom stereocenters. The van der Waals surface area contributed by atoms with Crippen LogP contribution in [-0.2, 0) is 4.79 Å². The molecule has 0 saturated heterocycles. The fraction of sp³-hybridized carbons (Fsp3) is 0.944. The van der Waals surface area contributed by atoms with E-state index in [0.29, 0.717) is 0 Å². The van der Waals surface area contributed by atoms with E-state index in [1.807, 2.05) is 0 Å². The van der Waals surface area contributed by atoms with Crippen molar-refractivity contribution in [2.24, 2.45) is 11.1 Å². The van der Waals surface area contributed by atoms with Gasteiger partial charge in [0, 0.05) is 5.41 Å². The monoisotopic (exact) mass is 283 g/mol. The molecule has 2 nitrogen and oxygen atoms in total. The summed E-state index contributed by atoms with van der Waals surface area (Å²) in [5.74, 6) is -0.0987. The molecule has 0 rings (SSSR count). The third kappa shape index (κ3) is 7.91. The third-order valence-corrected chi connectivity index (χ3v) is 4.89. The number of hydrogen-bond donors (Lipinski definition) is 1. The van der Waals surface area contributed by atoms with Crippen molar-refractivity contribution in [3.63, 3.8) is 0 Å². The standard InChI is InChI=1S/C18H37NO/c1-4-7-8-9-10-11-12-13-14-15-16-18(5-2,6-3)17(19)20/h4-16H2,1-3H3,(H2,19,20). The first kappa shape index (κ1) is 19.5. The Kier molecular flexibility index (Phi) is 11.9. The minimum absolute atomic E-state index is 0.0987. The molecule has 0 aromatic carbocycles. The molecule has 1 amide bonds. The summed E-state index contributed by atoms with van der Waals surface area (Å²) < 4.78 is 0. The SMILES string of the molecule is CCCCCCCCCCCCC(CC)(CC)C(N)=O. The van der Waals surface area contributed by atoms with E-state index in [1.165, 1.54) is 57.8 Å². The summed E-state index contributed by atoms with van der Waals surface area (Å²) >= 11 is 0. The topological polar surface area (TPSA) is 43.1 Å². The van der Waals surface area contributed by atoms with Crippen LogP contribution in [0.15, 0.2) is 0 Å². The Morgan fingerprint density at radius 3 is 1.50 bits per heavy atom. The highest BCUT2D eigenvalue weighted by molar-refractivity contribution is 5.80. The number of primary amides is 1. The van der Waals surface area contributed by atoms with Crippen molar-refractivity contribution in [1.82, 2.24) is 0 Å². The van der Waals surface area contributed by atoms with Gasteiger partial charge in [0.05, 0.1) is 0 Å². The molecule has 2 heteroatoms. The van der Waals surface area contributed by atoms with Crippen LogP contribution < -0.4 is 5.73 Å². The molecule has 0 aliphatic rings. The predicted molar refractivity (Wildman–Crippen MR) is 88.7 cm³/mol. The van der Waals surface area contributed by atoms with Gasteiger partial charge in [0.15, 0.2) is 0 Å². The molecular weight excluding hydrogens is 246 g/mol. The second-order valence-electron chi connectivity index (χ2n) is 6.28. The number of unbranched alkanes of at least 4 members (excludes halogenated alkanes) is 9. The predicted octanol–water partition coefficient (Wildman–Crippen LogP) is 5.59. The van der Waals surface area contributed by atoms with E-state index in [1.54, 1.807) is 0 Å². The first-order valence-electron chi connectivity index (χ1n) is 8.92. The molecular formula is C18H37NO. The normalized spacial score (nSPS) is 11.8. The Hall–Kier alpha value is -0.530. The number of carbonyl (C=O) groups excluding carboxylic acids is 1. The lowest BCUT2D eigenvalue weighted by Crippen LogP contribution is -2.36. The Morgan fingerprint density at radius 2 is 1.15 bits per heavy atom. The van der Waals surface area contributed by atoms with Crippen LogP contribution in [0.1, 0.15) is 104 Å². The first-order chi connectivity index (χ1) is 9.63. The van der Waals surface area contributed by atoms with Gasteiger partial charge in [0.25, 0.3) is 0 Å². The molecule has 0 aromatic rings. The molecule has 20 heavy (non-hydrogen) atoms. The summed E-state index contributed by atoms with van der Waals surface area (Å²) in [6.07, 6.45) is 16.1. The zero-order chi connectivity index (χ0) is 15.3. The summed E-state index contributed by atoms with van der Waals surface area (Å²) in [5.41, 5.74) is 5.34. The highest BCUT2D eigenvalue weighted by atomic mass is 16.1. The van der Waals surface area contributed by atoms with Crippen molar-refractivity contribution >= 4 is 5.91 Å². The number of hydrogen-bond acceptors (Lipinski definition) is 1. The second-order valence-corrected chi connectivity index (χ2v) is 6.28. The van der Waals surface area contributed by atoms with Crippen molar-refractivity contribution in [3.8, 4) is 0 Å². The van der Waals surface area contributed by atoms with Crippen molar-refractivity contribution in [1.29, 1.82) is 0 Å². The molecule has 0 aliphatic heterocycles. The van der Waals surface area contributed by atoms with E-state index < -0.39 is 0 Å². The maximum Gasteiger partial charge on any atom is 0.223 e. The number of amides is 1. The highest BCUT2D eigenvalue weighted by Crippen LogP contribution is 2.32. The summed E-state index contributed by atoms with van der Waals surface area (Å²) in [7, 11) is 0. The van der Waals surface area contributed by atoms with E-state index in [9.17, 15) is 4.79 Å². The van der Waals surface area contributed by atoms with Gasteiger partial charge >= 0.3 is 0 Å². The maximum absolute atomic E-state index is 11.6. The molecule has 120 valence electrons. The molecule has 0 radical (unpaired) electrons. The van der Waals surface area contributed by atoms with Crippen LogP contribution in [-0.4, -0.2) is 5.91 Å². The van der Waals surface area contributed by atoms with Gasteiger partial charge in [0.1, 0.15) is 0 Å². The molecule has 0 bridgehead atoms. The highest BCUT2D eigenvalue weighted by Gasteiger charge is 2.31. The number of carbonyl (C=O) groups is 1. The van der Waals surface area contributed by atoms with Gasteiger partial charge in [-0.1, -0.05) is 85.0 Å². The Bertz CT molecular complexity index is 234. The van der Waals surface area contributed by atoms with E-state index in [2.05, 4.69) is 20.8 Å². The van der Waals surface area contributed by atoms with Crippen LogP contribution in [0.5, 0.6) is 0 Å². The van der Waals surface area contributed by atoms with Crippen molar-refractivity contribution in [3.05, 3.63) is 0 Å². The van der Waals surface area contributed by atoms with E-state index in [0.717, 1.165) is 25.7 Å². The molecule has 0 atom stereocenters. The molecule has 0 aliphatic carbocycles. The first-order valence-corrected chi connectivity index (χ1v) is 8.92. The Balaban J connectivity index is 3.53. The van der Waals surface area contributed by atoms with Crippen LogP contribution in [0.2, 0.25) is 0 Å². The summed E-state index contributed by atoms with van der Waals surface area (Å²) in [6, 6.07) is 0. The minimum Gasteiger partial charge on any atom is -0.369 e. The number of rotatable bonds is 14. The van der Waals surface area contributed by atoms with Crippen LogP contribution in [0.4, 0.5) is 0 Å². The zero-order valence-electron chi connectivity index (χ0n) is 14.2. The van der Waals surface area contributed by atoms with E-state index in [-0.39, 0.29) is 11.3 Å². The van der Waals surface area contributed by atoms with E-state index in [4.69, 9.17) is 5.73 Å². The van der Waals surface area contributed by atoms with Crippen LogP contribution in [0, 0.1) is 5.41 Å². The molecule has 0 aromatic heterocycles. The zero-order valence-corrected chi connectivity index (χ0v) is 14.2. The Morgan fingerprint density at radius 1 is 0.750 bits per heavy atom. The average molecular weight is 283 g/mol. The van der Waals surface area contributed by atoms with Crippen LogP contribution >= 0.6 is 0 Å². The van der Waals surface area contributed by atoms with Gasteiger partial charge in [-0.25, -0.2) is 0 Å². The quantitative estimate of drug-likeness (QED) is 0.415. The molecule has 0 saturated carbocycles. The van der Waals surface area contributed by atoms with Crippen LogP contribution in [0.25, 0.3) is 0 Å². The Labute approximate surface area is 126 Å². The largest absolute Gasteiger partial charge is 0.369 e. The lowest BCUT2D eigenvalue weighted by atomic mass is 9.77. The van der Waals surface area contributed by atoms with E-state index >= 15 is 0 Å². The molecule has 0 heterocycles. The van der Waals surface area contributed by atoms with Crippen molar-refractivity contribution < 1.29 is 4.79 Å². The summed E-state index contributed by atoms with van der Waals surface area (Å²) in [4.78, 5) is 11.6. The second kappa shape index (κ2) is 12.2. The maximum atomic E-state index is 11.6. The van der Waals surface area contributed by atoms with Crippen molar-refractivity contribution in [2.75, 3.05) is 0 Å². The van der Waals surface area contributed by atoms with Gasteiger partial charge in [-0.15, -0.1) is 0 Å². The molecule has 0 spiro atoms. The average Bonchev–Trinajstić information content (AvgIpc) is 2.45. The summed E-state index contributed by atoms with van der Waals surface area (Å²) in [6.45, 7) is 6.44. The number of nitrogens with two attached hydrogens (primary N) is 1. The van der Waals surface area contributed by atoms with Gasteiger partial charge in [-0.05, 0) is 19.3 Å². The fourth-order valence-electron chi connectivity index (χ4n) is 3.03. The minimum atomic E-state index is -0.236.